The lowest BCUT2D eigenvalue weighted by Gasteiger charge is -2.16. The number of carbonyl (C=O) groups is 1. The van der Waals surface area contributed by atoms with Crippen LogP contribution in [0.2, 0.25) is 0 Å². The fraction of sp³-hybridized carbons (Fsp3) is 0.632. The van der Waals surface area contributed by atoms with Gasteiger partial charge in [0.1, 0.15) is 5.56 Å². The number of nitro benzene ring substituents is 1. The van der Waals surface area contributed by atoms with Gasteiger partial charge in [0.2, 0.25) is 0 Å². The van der Waals surface area contributed by atoms with Crippen LogP contribution < -0.4 is 20.1 Å². The van der Waals surface area contributed by atoms with E-state index in [2.05, 4.69) is 10.6 Å². The molecule has 0 aromatic heterocycles. The lowest BCUT2D eigenvalue weighted by Crippen LogP contribution is -2.37. The summed E-state index contributed by atoms with van der Waals surface area (Å²) >= 11 is 0. The minimum Gasteiger partial charge on any atom is -0.493 e. The van der Waals surface area contributed by atoms with Gasteiger partial charge in [0.15, 0.2) is 11.5 Å². The molecule has 0 aliphatic heterocycles. The van der Waals surface area contributed by atoms with Gasteiger partial charge in [-0.3, -0.25) is 14.9 Å². The normalized spacial score (nSPS) is 15.0. The number of hydrogen-bond acceptors (Lipinski definition) is 6. The van der Waals surface area contributed by atoms with E-state index in [1.807, 2.05) is 0 Å². The lowest BCUT2D eigenvalue weighted by molar-refractivity contribution is -0.385. The second-order valence-corrected chi connectivity index (χ2v) is 6.61. The fourth-order valence-electron chi connectivity index (χ4n) is 3.34. The molecule has 2 rings (SSSR count). The van der Waals surface area contributed by atoms with Crippen molar-refractivity contribution < 1.29 is 19.2 Å². The van der Waals surface area contributed by atoms with Crippen LogP contribution >= 0.6 is 0 Å². The van der Waals surface area contributed by atoms with Crippen LogP contribution in [0.25, 0.3) is 0 Å². The molecule has 0 atom stereocenters. The molecular formula is C19H29N3O5. The summed E-state index contributed by atoms with van der Waals surface area (Å²) in [6.45, 7) is 3.15. The zero-order chi connectivity index (χ0) is 19.6. The first-order chi connectivity index (χ1) is 13.1. The Labute approximate surface area is 159 Å². The number of amides is 1. The molecule has 8 heteroatoms. The molecule has 0 radical (unpaired) electrons. The number of hydrogen-bond donors (Lipinski definition) is 2. The third kappa shape index (κ3) is 6.09. The SMILES string of the molecule is CCOc1cc([N+](=O)[O-])c(C(=O)NCCNC2CCCCCC2)cc1OC. The van der Waals surface area contributed by atoms with Crippen LogP contribution in [0.5, 0.6) is 11.5 Å². The highest BCUT2D eigenvalue weighted by atomic mass is 16.6. The lowest BCUT2D eigenvalue weighted by atomic mass is 10.1. The molecule has 1 aliphatic rings. The molecule has 0 spiro atoms. The van der Waals surface area contributed by atoms with Gasteiger partial charge < -0.3 is 20.1 Å². The van der Waals surface area contributed by atoms with Crippen molar-refractivity contribution in [3.63, 3.8) is 0 Å². The maximum atomic E-state index is 12.5. The number of nitrogens with zero attached hydrogens (tertiary/aromatic N) is 1. The van der Waals surface area contributed by atoms with Gasteiger partial charge in [-0.1, -0.05) is 25.7 Å². The summed E-state index contributed by atoms with van der Waals surface area (Å²) in [6, 6.07) is 3.09. The van der Waals surface area contributed by atoms with Gasteiger partial charge in [-0.15, -0.1) is 0 Å². The Morgan fingerprint density at radius 3 is 2.48 bits per heavy atom. The van der Waals surface area contributed by atoms with Gasteiger partial charge in [0.25, 0.3) is 11.6 Å². The van der Waals surface area contributed by atoms with Crippen LogP contribution in [-0.4, -0.2) is 43.7 Å². The zero-order valence-corrected chi connectivity index (χ0v) is 16.1. The van der Waals surface area contributed by atoms with Gasteiger partial charge >= 0.3 is 0 Å². The summed E-state index contributed by atoms with van der Waals surface area (Å²) in [4.78, 5) is 23.3. The molecule has 1 amide bonds. The van der Waals surface area contributed by atoms with Crippen molar-refractivity contribution in [1.82, 2.24) is 10.6 Å². The number of methoxy groups -OCH3 is 1. The minimum absolute atomic E-state index is 0.0326. The van der Waals surface area contributed by atoms with Crippen molar-refractivity contribution >= 4 is 11.6 Å². The largest absolute Gasteiger partial charge is 0.493 e. The topological polar surface area (TPSA) is 103 Å². The molecule has 27 heavy (non-hydrogen) atoms. The van der Waals surface area contributed by atoms with Crippen molar-refractivity contribution in [1.29, 1.82) is 0 Å². The number of nitrogens with one attached hydrogen (secondary N) is 2. The third-order valence-corrected chi connectivity index (χ3v) is 4.72. The first-order valence-corrected chi connectivity index (χ1v) is 9.57. The van der Waals surface area contributed by atoms with Gasteiger partial charge in [0.05, 0.1) is 24.7 Å². The average Bonchev–Trinajstić information content (AvgIpc) is 2.93. The molecule has 0 unspecified atom stereocenters. The molecule has 1 fully saturated rings. The molecular weight excluding hydrogens is 350 g/mol. The van der Waals surface area contributed by atoms with E-state index >= 15 is 0 Å². The highest BCUT2D eigenvalue weighted by molar-refractivity contribution is 5.99. The second kappa shape index (κ2) is 10.7. The van der Waals surface area contributed by atoms with Crippen LogP contribution in [0, 0.1) is 10.1 Å². The zero-order valence-electron chi connectivity index (χ0n) is 16.1. The molecule has 0 saturated heterocycles. The first kappa shape index (κ1) is 21.0. The molecule has 2 N–H and O–H groups in total. The fourth-order valence-corrected chi connectivity index (χ4v) is 3.34. The van der Waals surface area contributed by atoms with Crippen LogP contribution in [0.4, 0.5) is 5.69 Å². The van der Waals surface area contributed by atoms with Crippen LogP contribution in [0.15, 0.2) is 12.1 Å². The van der Waals surface area contributed by atoms with Gasteiger partial charge in [-0.2, -0.15) is 0 Å². The Balaban J connectivity index is 1.98. The Morgan fingerprint density at radius 2 is 1.89 bits per heavy atom. The molecule has 1 aromatic carbocycles. The van der Waals surface area contributed by atoms with Crippen molar-refractivity contribution in [2.24, 2.45) is 0 Å². The Kier molecular flexibility index (Phi) is 8.32. The van der Waals surface area contributed by atoms with Crippen LogP contribution in [-0.2, 0) is 0 Å². The Hall–Kier alpha value is -2.35. The minimum atomic E-state index is -0.583. The van der Waals surface area contributed by atoms with E-state index < -0.39 is 10.8 Å². The first-order valence-electron chi connectivity index (χ1n) is 9.57. The summed E-state index contributed by atoms with van der Waals surface area (Å²) in [6.07, 6.45) is 7.38. The van der Waals surface area contributed by atoms with E-state index in [0.717, 1.165) is 12.8 Å². The number of nitro groups is 1. The molecule has 0 heterocycles. The van der Waals surface area contributed by atoms with Gasteiger partial charge in [-0.05, 0) is 19.8 Å². The van der Waals surface area contributed by atoms with E-state index in [-0.39, 0.29) is 17.0 Å². The predicted octanol–water partition coefficient (Wildman–Crippen LogP) is 3.04. The third-order valence-electron chi connectivity index (χ3n) is 4.72. The number of benzene rings is 1. The summed E-state index contributed by atoms with van der Waals surface area (Å²) in [5, 5.41) is 17.6. The Bertz CT molecular complexity index is 642. The molecule has 0 bridgehead atoms. The van der Waals surface area contributed by atoms with Crippen molar-refractivity contribution in [2.45, 2.75) is 51.5 Å². The van der Waals surface area contributed by atoms with E-state index in [0.29, 0.717) is 31.5 Å². The molecule has 1 saturated carbocycles. The summed E-state index contributed by atoms with van der Waals surface area (Å²) in [7, 11) is 1.43. The van der Waals surface area contributed by atoms with E-state index in [1.165, 1.54) is 44.9 Å². The van der Waals surface area contributed by atoms with Gasteiger partial charge in [-0.25, -0.2) is 0 Å². The monoisotopic (exact) mass is 379 g/mol. The number of rotatable bonds is 9. The van der Waals surface area contributed by atoms with Crippen LogP contribution in [0.3, 0.4) is 0 Å². The van der Waals surface area contributed by atoms with E-state index in [4.69, 9.17) is 9.47 Å². The van der Waals surface area contributed by atoms with Crippen molar-refractivity contribution in [3.05, 3.63) is 27.8 Å². The van der Waals surface area contributed by atoms with Crippen molar-refractivity contribution in [3.8, 4) is 11.5 Å². The highest BCUT2D eigenvalue weighted by Crippen LogP contribution is 2.34. The second-order valence-electron chi connectivity index (χ2n) is 6.61. The van der Waals surface area contributed by atoms with Crippen molar-refractivity contribution in [2.75, 3.05) is 26.8 Å². The molecule has 150 valence electrons. The molecule has 8 nitrogen and oxygen atoms in total. The predicted molar refractivity (Wildman–Crippen MR) is 103 cm³/mol. The number of carbonyl (C=O) groups excluding carboxylic acids is 1. The standard InChI is InChI=1S/C19H29N3O5/c1-3-27-18-13-16(22(24)25)15(12-17(18)26-2)19(23)21-11-10-20-14-8-6-4-5-7-9-14/h12-14,20H,3-11H2,1-2H3,(H,21,23). The Morgan fingerprint density at radius 1 is 1.19 bits per heavy atom. The number of ether oxygens (including phenoxy) is 2. The van der Waals surface area contributed by atoms with Crippen LogP contribution in [0.1, 0.15) is 55.8 Å². The summed E-state index contributed by atoms with van der Waals surface area (Å²) in [5.74, 6) is 0.0492. The molecule has 1 aliphatic carbocycles. The van der Waals surface area contributed by atoms with E-state index in [1.54, 1.807) is 6.92 Å². The maximum absolute atomic E-state index is 12.5. The van der Waals surface area contributed by atoms with E-state index in [9.17, 15) is 14.9 Å². The molecule has 1 aromatic rings. The summed E-state index contributed by atoms with van der Waals surface area (Å²) < 4.78 is 10.6. The summed E-state index contributed by atoms with van der Waals surface area (Å²) in [5.41, 5.74) is -0.330. The smallest absolute Gasteiger partial charge is 0.286 e. The maximum Gasteiger partial charge on any atom is 0.286 e. The average molecular weight is 379 g/mol. The van der Waals surface area contributed by atoms with Gasteiger partial charge in [0, 0.05) is 25.2 Å². The quantitative estimate of drug-likeness (QED) is 0.296. The highest BCUT2D eigenvalue weighted by Gasteiger charge is 2.24.